The lowest BCUT2D eigenvalue weighted by atomic mass is 10.1. The van der Waals surface area contributed by atoms with Gasteiger partial charge in [0, 0.05) is 18.3 Å². The first-order chi connectivity index (χ1) is 10.6. The Labute approximate surface area is 150 Å². The summed E-state index contributed by atoms with van der Waals surface area (Å²) in [5.41, 5.74) is 6.77. The summed E-state index contributed by atoms with van der Waals surface area (Å²) in [6.45, 7) is 0.253. The largest absolute Gasteiger partial charge is 0.497 e. The molecule has 7 heteroatoms. The molecule has 23 heavy (non-hydrogen) atoms. The van der Waals surface area contributed by atoms with Crippen molar-refractivity contribution in [1.29, 1.82) is 0 Å². The number of nitrogens with two attached hydrogens (primary N) is 1. The molecule has 2 aromatic carbocycles. The Morgan fingerprint density at radius 1 is 1.22 bits per heavy atom. The fourth-order valence-electron chi connectivity index (χ4n) is 1.92. The van der Waals surface area contributed by atoms with Crippen LogP contribution in [0.3, 0.4) is 0 Å². The number of hydrogen-bond acceptors (Lipinski definition) is 2. The average molecular weight is 433 g/mol. The zero-order valence-electron chi connectivity index (χ0n) is 12.6. The Morgan fingerprint density at radius 3 is 2.74 bits per heavy atom. The molecule has 0 aliphatic heterocycles. The molecule has 0 radical (unpaired) electrons. The summed E-state index contributed by atoms with van der Waals surface area (Å²) in [6, 6.07) is 10.6. The Morgan fingerprint density at radius 2 is 2.00 bits per heavy atom. The number of aliphatic imine (C=N–C) groups is 1. The van der Waals surface area contributed by atoms with Crippen LogP contribution in [0.1, 0.15) is 5.56 Å². The van der Waals surface area contributed by atoms with E-state index >= 15 is 0 Å². The van der Waals surface area contributed by atoms with Gasteiger partial charge in [-0.1, -0.05) is 6.07 Å². The second kappa shape index (κ2) is 9.29. The van der Waals surface area contributed by atoms with Gasteiger partial charge in [0.15, 0.2) is 5.96 Å². The minimum Gasteiger partial charge on any atom is -0.497 e. The van der Waals surface area contributed by atoms with Gasteiger partial charge in [-0.15, -0.1) is 24.0 Å². The van der Waals surface area contributed by atoms with E-state index in [2.05, 4.69) is 10.3 Å². The average Bonchev–Trinajstić information content (AvgIpc) is 2.51. The summed E-state index contributed by atoms with van der Waals surface area (Å²) < 4.78 is 31.6. The zero-order chi connectivity index (χ0) is 15.9. The maximum Gasteiger partial charge on any atom is 0.193 e. The minimum atomic E-state index is -0.470. The molecule has 2 aromatic rings. The molecule has 0 aliphatic rings. The molecule has 0 aromatic heterocycles. The molecular formula is C16H18F2IN3O. The molecule has 2 rings (SSSR count). The number of benzene rings is 2. The van der Waals surface area contributed by atoms with Crippen LogP contribution in [0.25, 0.3) is 0 Å². The zero-order valence-corrected chi connectivity index (χ0v) is 14.9. The molecule has 0 heterocycles. The Bertz CT molecular complexity index is 680. The first-order valence-electron chi connectivity index (χ1n) is 6.73. The number of rotatable bonds is 5. The van der Waals surface area contributed by atoms with Gasteiger partial charge in [0.2, 0.25) is 0 Å². The number of guanidine groups is 1. The van der Waals surface area contributed by atoms with E-state index in [-0.39, 0.29) is 48.5 Å². The highest BCUT2D eigenvalue weighted by atomic mass is 127. The molecule has 0 spiro atoms. The summed E-state index contributed by atoms with van der Waals surface area (Å²) >= 11 is 0. The lowest BCUT2D eigenvalue weighted by Gasteiger charge is -2.07. The highest BCUT2D eigenvalue weighted by Crippen LogP contribution is 2.16. The standard InChI is InChI=1S/C16H17F2N3O.HI/c1-22-14-4-2-3-13(10-14)21-16(19)20-8-7-11-9-12(17)5-6-15(11)18;/h2-6,9-10H,7-8H2,1H3,(H3,19,20,21);1H. The van der Waals surface area contributed by atoms with Crippen molar-refractivity contribution >= 4 is 35.6 Å². The second-order valence-corrected chi connectivity index (χ2v) is 4.61. The predicted molar refractivity (Wildman–Crippen MR) is 98.6 cm³/mol. The van der Waals surface area contributed by atoms with Crippen molar-refractivity contribution in [3.63, 3.8) is 0 Å². The molecule has 4 nitrogen and oxygen atoms in total. The molecule has 0 saturated carbocycles. The quantitative estimate of drug-likeness (QED) is 0.431. The van der Waals surface area contributed by atoms with E-state index in [0.717, 1.165) is 23.9 Å². The molecule has 124 valence electrons. The summed E-state index contributed by atoms with van der Waals surface area (Å²) in [6.07, 6.45) is 0.268. The highest BCUT2D eigenvalue weighted by Gasteiger charge is 2.03. The number of halogens is 3. The van der Waals surface area contributed by atoms with Crippen LogP contribution in [0.5, 0.6) is 5.75 Å². The van der Waals surface area contributed by atoms with Gasteiger partial charge in [0.25, 0.3) is 0 Å². The third-order valence-corrected chi connectivity index (χ3v) is 3.01. The van der Waals surface area contributed by atoms with Gasteiger partial charge in [-0.25, -0.2) is 8.78 Å². The van der Waals surface area contributed by atoms with Crippen molar-refractivity contribution in [3.8, 4) is 5.75 Å². The SMILES string of the molecule is COc1cccc(NC(N)=NCCc2cc(F)ccc2F)c1.I. The normalized spacial score (nSPS) is 10.8. The number of nitrogens with one attached hydrogen (secondary N) is 1. The minimum absolute atomic E-state index is 0. The molecular weight excluding hydrogens is 415 g/mol. The summed E-state index contributed by atoms with van der Waals surface area (Å²) in [5.74, 6) is -0.0246. The van der Waals surface area contributed by atoms with Crippen LogP contribution in [-0.2, 0) is 6.42 Å². The number of nitrogens with zero attached hydrogens (tertiary/aromatic N) is 1. The molecule has 0 aliphatic carbocycles. The van der Waals surface area contributed by atoms with Crippen molar-refractivity contribution in [3.05, 3.63) is 59.7 Å². The number of hydrogen-bond donors (Lipinski definition) is 2. The fourth-order valence-corrected chi connectivity index (χ4v) is 1.92. The van der Waals surface area contributed by atoms with Crippen LogP contribution >= 0.6 is 24.0 Å². The van der Waals surface area contributed by atoms with Crippen LogP contribution < -0.4 is 15.8 Å². The van der Waals surface area contributed by atoms with Gasteiger partial charge in [0.1, 0.15) is 17.4 Å². The third-order valence-electron chi connectivity index (χ3n) is 3.01. The van der Waals surface area contributed by atoms with E-state index in [1.165, 1.54) is 0 Å². The summed E-state index contributed by atoms with van der Waals surface area (Å²) in [4.78, 5) is 4.09. The predicted octanol–water partition coefficient (Wildman–Crippen LogP) is 3.56. The second-order valence-electron chi connectivity index (χ2n) is 4.61. The summed E-state index contributed by atoms with van der Waals surface area (Å²) in [7, 11) is 1.57. The Balaban J connectivity index is 0.00000264. The van der Waals surface area contributed by atoms with E-state index in [1.807, 2.05) is 18.2 Å². The van der Waals surface area contributed by atoms with Gasteiger partial charge < -0.3 is 15.8 Å². The Kier molecular flexibility index (Phi) is 7.73. The summed E-state index contributed by atoms with van der Waals surface area (Å²) in [5, 5.41) is 2.91. The molecule has 0 atom stereocenters. The number of anilines is 1. The van der Waals surface area contributed by atoms with Gasteiger partial charge in [0.05, 0.1) is 7.11 Å². The van der Waals surface area contributed by atoms with Crippen LogP contribution in [0.15, 0.2) is 47.5 Å². The van der Waals surface area contributed by atoms with E-state index in [4.69, 9.17) is 10.5 Å². The van der Waals surface area contributed by atoms with Gasteiger partial charge >= 0.3 is 0 Å². The van der Waals surface area contributed by atoms with E-state index in [9.17, 15) is 8.78 Å². The topological polar surface area (TPSA) is 59.6 Å². The van der Waals surface area contributed by atoms with Crippen LogP contribution in [0.2, 0.25) is 0 Å². The molecule has 0 unspecified atom stereocenters. The maximum absolute atomic E-state index is 13.4. The van der Waals surface area contributed by atoms with Gasteiger partial charge in [-0.2, -0.15) is 0 Å². The van der Waals surface area contributed by atoms with Crippen LogP contribution in [0, 0.1) is 11.6 Å². The van der Waals surface area contributed by atoms with E-state index < -0.39 is 11.6 Å². The monoisotopic (exact) mass is 433 g/mol. The molecule has 3 N–H and O–H groups in total. The van der Waals surface area contributed by atoms with Crippen molar-refractivity contribution in [2.75, 3.05) is 19.0 Å². The Hall–Kier alpha value is -1.90. The van der Waals surface area contributed by atoms with Gasteiger partial charge in [-0.05, 0) is 42.3 Å². The molecule has 0 bridgehead atoms. The lowest BCUT2D eigenvalue weighted by Crippen LogP contribution is -2.23. The van der Waals surface area contributed by atoms with Crippen LogP contribution in [-0.4, -0.2) is 19.6 Å². The van der Waals surface area contributed by atoms with Crippen molar-refractivity contribution < 1.29 is 13.5 Å². The molecule has 0 amide bonds. The first kappa shape index (κ1) is 19.1. The first-order valence-corrected chi connectivity index (χ1v) is 6.73. The fraction of sp³-hybridized carbons (Fsp3) is 0.188. The van der Waals surface area contributed by atoms with E-state index in [1.54, 1.807) is 13.2 Å². The van der Waals surface area contributed by atoms with Crippen LogP contribution in [0.4, 0.5) is 14.5 Å². The smallest absolute Gasteiger partial charge is 0.193 e. The number of ether oxygens (including phenoxy) is 1. The third kappa shape index (κ3) is 6.01. The number of methoxy groups -OCH3 is 1. The van der Waals surface area contributed by atoms with Gasteiger partial charge in [-0.3, -0.25) is 4.99 Å². The highest BCUT2D eigenvalue weighted by molar-refractivity contribution is 14.0. The lowest BCUT2D eigenvalue weighted by molar-refractivity contribution is 0.415. The molecule has 0 fully saturated rings. The van der Waals surface area contributed by atoms with E-state index in [0.29, 0.717) is 5.75 Å². The molecule has 0 saturated heterocycles. The van der Waals surface area contributed by atoms with Crippen molar-refractivity contribution in [2.24, 2.45) is 10.7 Å². The van der Waals surface area contributed by atoms with Crippen molar-refractivity contribution in [2.45, 2.75) is 6.42 Å². The van der Waals surface area contributed by atoms with Crippen molar-refractivity contribution in [1.82, 2.24) is 0 Å². The maximum atomic E-state index is 13.4.